The van der Waals surface area contributed by atoms with Gasteiger partial charge in [0.2, 0.25) is 0 Å². The zero-order valence-electron chi connectivity index (χ0n) is 9.12. The highest BCUT2D eigenvalue weighted by atomic mass is 35.5. The molecular weight excluding hydrogens is 275 g/mol. The van der Waals surface area contributed by atoms with Gasteiger partial charge in [0.15, 0.2) is 0 Å². The van der Waals surface area contributed by atoms with Crippen LogP contribution in [0.5, 0.6) is 5.75 Å². The molecule has 0 saturated heterocycles. The van der Waals surface area contributed by atoms with E-state index in [4.69, 9.17) is 17.3 Å². The third-order valence-corrected chi connectivity index (χ3v) is 2.31. The van der Waals surface area contributed by atoms with Crippen LogP contribution >= 0.6 is 11.6 Å². The second-order valence-electron chi connectivity index (χ2n) is 3.24. The van der Waals surface area contributed by atoms with Gasteiger partial charge in [-0.3, -0.25) is 4.79 Å². The molecule has 0 aliphatic carbocycles. The molecule has 2 N–H and O–H groups in total. The predicted octanol–water partition coefficient (Wildman–Crippen LogP) is 2.41. The number of ether oxygens (including phenoxy) is 2. The minimum absolute atomic E-state index is 0.102. The van der Waals surface area contributed by atoms with Crippen LogP contribution in [0.15, 0.2) is 18.2 Å². The third kappa shape index (κ3) is 3.78. The Hall–Kier alpha value is -1.47. The summed E-state index contributed by atoms with van der Waals surface area (Å²) in [5, 5.41) is -0.242. The van der Waals surface area contributed by atoms with Crippen molar-refractivity contribution in [2.45, 2.75) is 12.4 Å². The number of esters is 1. The first-order valence-electron chi connectivity index (χ1n) is 4.63. The van der Waals surface area contributed by atoms with Crippen molar-refractivity contribution < 1.29 is 27.4 Å². The molecule has 0 bridgehead atoms. The average Bonchev–Trinajstić information content (AvgIpc) is 2.28. The van der Waals surface area contributed by atoms with Crippen molar-refractivity contribution in [1.29, 1.82) is 0 Å². The van der Waals surface area contributed by atoms with E-state index in [2.05, 4.69) is 9.47 Å². The van der Waals surface area contributed by atoms with E-state index in [9.17, 15) is 18.0 Å². The summed E-state index contributed by atoms with van der Waals surface area (Å²) in [6.07, 6.45) is -4.88. The highest BCUT2D eigenvalue weighted by Gasteiger charge is 2.32. The van der Waals surface area contributed by atoms with E-state index in [1.807, 2.05) is 0 Å². The summed E-state index contributed by atoms with van der Waals surface area (Å²) in [5.41, 5.74) is 5.58. The standard InChI is InChI=1S/C10H9ClF3NO3/c1-17-9(16)8(15)5-2-3-6(11)7(4-5)18-10(12,13)14/h2-4,8H,15H2,1H3. The average molecular weight is 284 g/mol. The van der Waals surface area contributed by atoms with E-state index in [-0.39, 0.29) is 10.6 Å². The lowest BCUT2D eigenvalue weighted by Crippen LogP contribution is -2.23. The number of carbonyl (C=O) groups excluding carboxylic acids is 1. The molecule has 0 aliphatic heterocycles. The van der Waals surface area contributed by atoms with Crippen molar-refractivity contribution in [1.82, 2.24) is 0 Å². The number of hydrogen-bond acceptors (Lipinski definition) is 4. The fourth-order valence-electron chi connectivity index (χ4n) is 1.18. The molecule has 0 heterocycles. The zero-order valence-corrected chi connectivity index (χ0v) is 9.88. The maximum atomic E-state index is 12.1. The van der Waals surface area contributed by atoms with Crippen molar-refractivity contribution in [3.63, 3.8) is 0 Å². The van der Waals surface area contributed by atoms with Gasteiger partial charge in [0.25, 0.3) is 0 Å². The van der Waals surface area contributed by atoms with Gasteiger partial charge in [-0.05, 0) is 17.7 Å². The van der Waals surface area contributed by atoms with Gasteiger partial charge in [0.1, 0.15) is 11.8 Å². The normalized spacial score (nSPS) is 13.0. The van der Waals surface area contributed by atoms with E-state index < -0.39 is 24.1 Å². The molecule has 0 amide bonds. The number of benzene rings is 1. The summed E-state index contributed by atoms with van der Waals surface area (Å²) in [4.78, 5) is 11.2. The fourth-order valence-corrected chi connectivity index (χ4v) is 1.34. The first-order chi connectivity index (χ1) is 8.24. The fraction of sp³-hybridized carbons (Fsp3) is 0.300. The molecule has 0 fully saturated rings. The van der Waals surface area contributed by atoms with E-state index in [1.165, 1.54) is 6.07 Å². The van der Waals surface area contributed by atoms with Gasteiger partial charge in [0.05, 0.1) is 12.1 Å². The van der Waals surface area contributed by atoms with Gasteiger partial charge in [-0.15, -0.1) is 13.2 Å². The Kier molecular flexibility index (Phi) is 4.42. The van der Waals surface area contributed by atoms with E-state index in [0.29, 0.717) is 0 Å². The maximum absolute atomic E-state index is 12.1. The van der Waals surface area contributed by atoms with Crippen LogP contribution in [-0.2, 0) is 9.53 Å². The van der Waals surface area contributed by atoms with Crippen LogP contribution in [0.1, 0.15) is 11.6 Å². The van der Waals surface area contributed by atoms with Crippen LogP contribution in [-0.4, -0.2) is 19.4 Å². The van der Waals surface area contributed by atoms with Gasteiger partial charge in [-0.2, -0.15) is 0 Å². The molecule has 18 heavy (non-hydrogen) atoms. The summed E-state index contributed by atoms with van der Waals surface area (Å²) in [6, 6.07) is 2.20. The van der Waals surface area contributed by atoms with Crippen LogP contribution in [0.2, 0.25) is 5.02 Å². The molecule has 1 rings (SSSR count). The highest BCUT2D eigenvalue weighted by molar-refractivity contribution is 6.32. The van der Waals surface area contributed by atoms with Gasteiger partial charge < -0.3 is 15.2 Å². The number of carbonyl (C=O) groups is 1. The number of nitrogens with two attached hydrogens (primary N) is 1. The molecule has 0 spiro atoms. The van der Waals surface area contributed by atoms with Crippen molar-refractivity contribution in [2.24, 2.45) is 5.73 Å². The smallest absolute Gasteiger partial charge is 0.468 e. The first kappa shape index (κ1) is 14.6. The van der Waals surface area contributed by atoms with Crippen molar-refractivity contribution in [3.05, 3.63) is 28.8 Å². The van der Waals surface area contributed by atoms with Crippen LogP contribution in [0.25, 0.3) is 0 Å². The maximum Gasteiger partial charge on any atom is 0.573 e. The lowest BCUT2D eigenvalue weighted by Gasteiger charge is -2.14. The summed E-state index contributed by atoms with van der Waals surface area (Å²) in [7, 11) is 1.12. The number of methoxy groups -OCH3 is 1. The van der Waals surface area contributed by atoms with E-state index in [0.717, 1.165) is 19.2 Å². The van der Waals surface area contributed by atoms with E-state index in [1.54, 1.807) is 0 Å². The SMILES string of the molecule is COC(=O)C(N)c1ccc(Cl)c(OC(F)(F)F)c1. The monoisotopic (exact) mass is 283 g/mol. The number of rotatable bonds is 3. The molecule has 0 aromatic heterocycles. The molecular formula is C10H9ClF3NO3. The summed E-state index contributed by atoms with van der Waals surface area (Å²) < 4.78 is 44.3. The minimum Gasteiger partial charge on any atom is -0.468 e. The molecule has 0 radical (unpaired) electrons. The summed E-state index contributed by atoms with van der Waals surface area (Å²) in [6.45, 7) is 0. The summed E-state index contributed by atoms with van der Waals surface area (Å²) >= 11 is 5.54. The van der Waals surface area contributed by atoms with E-state index >= 15 is 0 Å². The molecule has 1 atom stereocenters. The van der Waals surface area contributed by atoms with Crippen molar-refractivity contribution >= 4 is 17.6 Å². The zero-order chi connectivity index (χ0) is 13.9. The molecule has 1 aromatic rings. The molecule has 0 aliphatic rings. The largest absolute Gasteiger partial charge is 0.573 e. The lowest BCUT2D eigenvalue weighted by molar-refractivity contribution is -0.274. The molecule has 8 heteroatoms. The highest BCUT2D eigenvalue weighted by Crippen LogP contribution is 2.32. The van der Waals surface area contributed by atoms with Crippen LogP contribution in [0.4, 0.5) is 13.2 Å². The Bertz CT molecular complexity index is 450. The Morgan fingerprint density at radius 3 is 2.56 bits per heavy atom. The molecule has 1 unspecified atom stereocenters. The summed E-state index contributed by atoms with van der Waals surface area (Å²) in [5.74, 6) is -1.41. The first-order valence-corrected chi connectivity index (χ1v) is 5.01. The third-order valence-electron chi connectivity index (χ3n) is 2.00. The van der Waals surface area contributed by atoms with Gasteiger partial charge in [-0.25, -0.2) is 0 Å². The number of alkyl halides is 3. The molecule has 4 nitrogen and oxygen atoms in total. The second kappa shape index (κ2) is 5.45. The Morgan fingerprint density at radius 2 is 2.06 bits per heavy atom. The van der Waals surface area contributed by atoms with Crippen LogP contribution in [0.3, 0.4) is 0 Å². The van der Waals surface area contributed by atoms with Gasteiger partial charge in [0, 0.05) is 0 Å². The predicted molar refractivity (Wildman–Crippen MR) is 57.1 cm³/mol. The molecule has 0 saturated carbocycles. The minimum atomic E-state index is -4.88. The Morgan fingerprint density at radius 1 is 1.44 bits per heavy atom. The Balaban J connectivity index is 3.04. The van der Waals surface area contributed by atoms with Crippen molar-refractivity contribution in [3.8, 4) is 5.75 Å². The molecule has 1 aromatic carbocycles. The number of halogens is 4. The quantitative estimate of drug-likeness (QED) is 0.865. The van der Waals surface area contributed by atoms with Crippen LogP contribution < -0.4 is 10.5 Å². The number of hydrogen-bond donors (Lipinski definition) is 1. The van der Waals surface area contributed by atoms with Gasteiger partial charge >= 0.3 is 12.3 Å². The topological polar surface area (TPSA) is 61.5 Å². The Labute approximate surface area is 105 Å². The second-order valence-corrected chi connectivity index (χ2v) is 3.65. The van der Waals surface area contributed by atoms with Gasteiger partial charge in [-0.1, -0.05) is 17.7 Å². The van der Waals surface area contributed by atoms with Crippen molar-refractivity contribution in [2.75, 3.05) is 7.11 Å². The van der Waals surface area contributed by atoms with Crippen LogP contribution in [0, 0.1) is 0 Å². The lowest BCUT2D eigenvalue weighted by atomic mass is 10.1. The molecule has 100 valence electrons.